The minimum Gasteiger partial charge on any atom is -0.399 e. The van der Waals surface area contributed by atoms with Gasteiger partial charge in [-0.25, -0.2) is 0 Å². The lowest BCUT2D eigenvalue weighted by Crippen LogP contribution is -2.13. The predicted octanol–water partition coefficient (Wildman–Crippen LogP) is 2.18. The number of carbonyl (C=O) groups excluding carboxylic acids is 1. The number of amides is 1. The first-order valence-electron chi connectivity index (χ1n) is 6.22. The van der Waals surface area contributed by atoms with Crippen LogP contribution in [0.3, 0.4) is 0 Å². The molecule has 0 fully saturated rings. The highest BCUT2D eigenvalue weighted by atomic mass is 16.1. The van der Waals surface area contributed by atoms with Crippen LogP contribution in [0.25, 0.3) is 0 Å². The van der Waals surface area contributed by atoms with Crippen LogP contribution in [0.1, 0.15) is 23.2 Å². The van der Waals surface area contributed by atoms with Crippen molar-refractivity contribution in [3.63, 3.8) is 0 Å². The van der Waals surface area contributed by atoms with Gasteiger partial charge in [-0.2, -0.15) is 5.10 Å². The molecule has 0 unspecified atom stereocenters. The maximum absolute atomic E-state index is 11.8. The van der Waals surface area contributed by atoms with E-state index in [0.29, 0.717) is 18.7 Å². The fraction of sp³-hybridized carbons (Fsp3) is 0.286. The van der Waals surface area contributed by atoms with Crippen molar-refractivity contribution in [3.8, 4) is 0 Å². The number of anilines is 2. The zero-order valence-electron chi connectivity index (χ0n) is 11.2. The average molecular weight is 258 g/mol. The number of aromatic amines is 1. The SMILES string of the molecule is Cc1[nH]nc(NC(=O)CCc2cccc(N)c2)c1C. The second-order valence-electron chi connectivity index (χ2n) is 4.62. The van der Waals surface area contributed by atoms with E-state index in [1.165, 1.54) is 0 Å². The molecule has 100 valence electrons. The Balaban J connectivity index is 1.90. The fourth-order valence-corrected chi connectivity index (χ4v) is 1.81. The van der Waals surface area contributed by atoms with Crippen molar-refractivity contribution in [3.05, 3.63) is 41.1 Å². The van der Waals surface area contributed by atoms with E-state index in [-0.39, 0.29) is 5.91 Å². The normalized spacial score (nSPS) is 10.4. The number of hydrogen-bond acceptors (Lipinski definition) is 3. The maximum Gasteiger partial charge on any atom is 0.225 e. The van der Waals surface area contributed by atoms with Gasteiger partial charge in [0.2, 0.25) is 5.91 Å². The topological polar surface area (TPSA) is 83.8 Å². The number of hydrogen-bond donors (Lipinski definition) is 3. The molecular weight excluding hydrogens is 240 g/mol. The van der Waals surface area contributed by atoms with Crippen LogP contribution in [0.15, 0.2) is 24.3 Å². The molecule has 0 spiro atoms. The molecule has 5 nitrogen and oxygen atoms in total. The number of aryl methyl sites for hydroxylation is 2. The Bertz CT molecular complexity index is 589. The molecular formula is C14H18N4O. The number of carbonyl (C=O) groups is 1. The number of aromatic nitrogens is 2. The number of nitrogen functional groups attached to an aromatic ring is 1. The quantitative estimate of drug-likeness (QED) is 0.735. The number of nitrogens with two attached hydrogens (primary N) is 1. The Kier molecular flexibility index (Phi) is 3.85. The first-order valence-corrected chi connectivity index (χ1v) is 6.22. The minimum atomic E-state index is -0.0444. The lowest BCUT2D eigenvalue weighted by atomic mass is 10.1. The van der Waals surface area contributed by atoms with Gasteiger partial charge < -0.3 is 11.1 Å². The van der Waals surface area contributed by atoms with Gasteiger partial charge in [0.05, 0.1) is 0 Å². The van der Waals surface area contributed by atoms with Gasteiger partial charge in [0, 0.05) is 23.4 Å². The number of H-pyrrole nitrogens is 1. The summed E-state index contributed by atoms with van der Waals surface area (Å²) in [5.74, 6) is 0.562. The van der Waals surface area contributed by atoms with Gasteiger partial charge in [0.15, 0.2) is 5.82 Å². The largest absolute Gasteiger partial charge is 0.399 e. The molecule has 2 aromatic rings. The van der Waals surface area contributed by atoms with E-state index in [4.69, 9.17) is 5.73 Å². The van der Waals surface area contributed by atoms with Gasteiger partial charge in [0.1, 0.15) is 0 Å². The highest BCUT2D eigenvalue weighted by molar-refractivity contribution is 5.90. The zero-order valence-corrected chi connectivity index (χ0v) is 11.2. The van der Waals surface area contributed by atoms with E-state index in [1.807, 2.05) is 38.1 Å². The van der Waals surface area contributed by atoms with Crippen molar-refractivity contribution in [2.75, 3.05) is 11.1 Å². The lowest BCUT2D eigenvalue weighted by molar-refractivity contribution is -0.116. The van der Waals surface area contributed by atoms with E-state index < -0.39 is 0 Å². The van der Waals surface area contributed by atoms with E-state index in [0.717, 1.165) is 22.5 Å². The third kappa shape index (κ3) is 3.34. The van der Waals surface area contributed by atoms with Crippen molar-refractivity contribution in [2.45, 2.75) is 26.7 Å². The highest BCUT2D eigenvalue weighted by Crippen LogP contribution is 2.14. The Morgan fingerprint density at radius 2 is 2.21 bits per heavy atom. The first kappa shape index (κ1) is 13.1. The average Bonchev–Trinajstić information content (AvgIpc) is 2.69. The van der Waals surface area contributed by atoms with Crippen molar-refractivity contribution >= 4 is 17.4 Å². The van der Waals surface area contributed by atoms with Gasteiger partial charge in [-0.15, -0.1) is 0 Å². The molecule has 0 bridgehead atoms. The minimum absolute atomic E-state index is 0.0444. The Morgan fingerprint density at radius 1 is 1.42 bits per heavy atom. The number of rotatable bonds is 4. The monoisotopic (exact) mass is 258 g/mol. The predicted molar refractivity (Wildman–Crippen MR) is 75.9 cm³/mol. The summed E-state index contributed by atoms with van der Waals surface area (Å²) in [5, 5.41) is 9.69. The molecule has 1 heterocycles. The third-order valence-corrected chi connectivity index (χ3v) is 3.10. The molecule has 0 aliphatic rings. The summed E-state index contributed by atoms with van der Waals surface area (Å²) in [5.41, 5.74) is 9.41. The van der Waals surface area contributed by atoms with Crippen LogP contribution >= 0.6 is 0 Å². The summed E-state index contributed by atoms with van der Waals surface area (Å²) in [6.45, 7) is 3.84. The molecule has 0 radical (unpaired) electrons. The van der Waals surface area contributed by atoms with Crippen LogP contribution in [-0.2, 0) is 11.2 Å². The summed E-state index contributed by atoms with van der Waals surface area (Å²) in [6, 6.07) is 7.58. The van der Waals surface area contributed by atoms with E-state index >= 15 is 0 Å². The molecule has 0 aliphatic carbocycles. The second kappa shape index (κ2) is 5.56. The zero-order chi connectivity index (χ0) is 13.8. The van der Waals surface area contributed by atoms with Gasteiger partial charge in [-0.1, -0.05) is 12.1 Å². The molecule has 5 heteroatoms. The summed E-state index contributed by atoms with van der Waals surface area (Å²) >= 11 is 0. The Hall–Kier alpha value is -2.30. The van der Waals surface area contributed by atoms with Crippen molar-refractivity contribution in [1.82, 2.24) is 10.2 Å². The molecule has 1 amide bonds. The van der Waals surface area contributed by atoms with Crippen LogP contribution in [0, 0.1) is 13.8 Å². The standard InChI is InChI=1S/C14H18N4O/c1-9-10(2)17-18-14(9)16-13(19)7-6-11-4-3-5-12(15)8-11/h3-5,8H,6-7,15H2,1-2H3,(H2,16,17,18,19). The smallest absolute Gasteiger partial charge is 0.225 e. The first-order chi connectivity index (χ1) is 9.06. The molecule has 0 aliphatic heterocycles. The lowest BCUT2D eigenvalue weighted by Gasteiger charge is -2.04. The van der Waals surface area contributed by atoms with Crippen LogP contribution < -0.4 is 11.1 Å². The molecule has 0 saturated carbocycles. The van der Waals surface area contributed by atoms with Gasteiger partial charge >= 0.3 is 0 Å². The van der Waals surface area contributed by atoms with E-state index in [1.54, 1.807) is 0 Å². The summed E-state index contributed by atoms with van der Waals surface area (Å²) in [4.78, 5) is 11.8. The van der Waals surface area contributed by atoms with Crippen LogP contribution in [-0.4, -0.2) is 16.1 Å². The molecule has 19 heavy (non-hydrogen) atoms. The van der Waals surface area contributed by atoms with Crippen molar-refractivity contribution in [2.24, 2.45) is 0 Å². The van der Waals surface area contributed by atoms with E-state index in [9.17, 15) is 4.79 Å². The Morgan fingerprint density at radius 3 is 2.84 bits per heavy atom. The third-order valence-electron chi connectivity index (χ3n) is 3.10. The van der Waals surface area contributed by atoms with Gasteiger partial charge in [-0.05, 0) is 38.0 Å². The molecule has 0 saturated heterocycles. The fourth-order valence-electron chi connectivity index (χ4n) is 1.81. The van der Waals surface area contributed by atoms with Crippen LogP contribution in [0.4, 0.5) is 11.5 Å². The summed E-state index contributed by atoms with van der Waals surface area (Å²) < 4.78 is 0. The molecule has 0 atom stereocenters. The van der Waals surface area contributed by atoms with Gasteiger partial charge in [0.25, 0.3) is 0 Å². The molecule has 4 N–H and O–H groups in total. The Labute approximate surface area is 112 Å². The summed E-state index contributed by atoms with van der Waals surface area (Å²) in [7, 11) is 0. The van der Waals surface area contributed by atoms with Crippen molar-refractivity contribution < 1.29 is 4.79 Å². The van der Waals surface area contributed by atoms with Gasteiger partial charge in [-0.3, -0.25) is 9.89 Å². The maximum atomic E-state index is 11.8. The number of benzene rings is 1. The van der Waals surface area contributed by atoms with Crippen molar-refractivity contribution in [1.29, 1.82) is 0 Å². The number of nitrogens with zero attached hydrogens (tertiary/aromatic N) is 1. The molecule has 2 rings (SSSR count). The molecule has 1 aromatic carbocycles. The van der Waals surface area contributed by atoms with E-state index in [2.05, 4.69) is 15.5 Å². The number of nitrogens with one attached hydrogen (secondary N) is 2. The summed E-state index contributed by atoms with van der Waals surface area (Å²) in [6.07, 6.45) is 1.08. The second-order valence-corrected chi connectivity index (χ2v) is 4.62. The highest BCUT2D eigenvalue weighted by Gasteiger charge is 2.09. The molecule has 1 aromatic heterocycles. The van der Waals surface area contributed by atoms with Crippen LogP contribution in [0.5, 0.6) is 0 Å². The van der Waals surface area contributed by atoms with Crippen LogP contribution in [0.2, 0.25) is 0 Å².